The highest BCUT2D eigenvalue weighted by molar-refractivity contribution is 6.13. The van der Waals surface area contributed by atoms with Crippen molar-refractivity contribution >= 4 is 17.5 Å². The van der Waals surface area contributed by atoms with Gasteiger partial charge in [-0.2, -0.15) is 0 Å². The molecule has 4 rings (SSSR count). The molecule has 0 spiro atoms. The van der Waals surface area contributed by atoms with Gasteiger partial charge < -0.3 is 14.4 Å². The highest BCUT2D eigenvalue weighted by atomic mass is 16.5. The Morgan fingerprint density at radius 3 is 2.54 bits per heavy atom. The second-order valence-electron chi connectivity index (χ2n) is 6.71. The van der Waals surface area contributed by atoms with Gasteiger partial charge in [0.2, 0.25) is 0 Å². The SMILES string of the molecule is COc1ccc2c(c1)C(=O)C(=Cc1ccc(N3CCOCC3)cc1)CC2. The number of allylic oxidation sites excluding steroid dienone is 1. The zero-order valence-electron chi connectivity index (χ0n) is 15.0. The van der Waals surface area contributed by atoms with Crippen LogP contribution in [-0.2, 0) is 11.2 Å². The Morgan fingerprint density at radius 2 is 1.81 bits per heavy atom. The molecule has 0 N–H and O–H groups in total. The zero-order chi connectivity index (χ0) is 17.9. The van der Waals surface area contributed by atoms with Gasteiger partial charge in [-0.25, -0.2) is 0 Å². The molecule has 1 saturated heterocycles. The highest BCUT2D eigenvalue weighted by Crippen LogP contribution is 2.29. The van der Waals surface area contributed by atoms with Gasteiger partial charge in [0.25, 0.3) is 0 Å². The van der Waals surface area contributed by atoms with Crippen LogP contribution in [0.1, 0.15) is 27.9 Å². The van der Waals surface area contributed by atoms with Crippen molar-refractivity contribution in [2.75, 3.05) is 38.3 Å². The lowest BCUT2D eigenvalue weighted by Crippen LogP contribution is -2.36. The van der Waals surface area contributed by atoms with E-state index in [0.29, 0.717) is 0 Å². The number of rotatable bonds is 3. The molecule has 26 heavy (non-hydrogen) atoms. The number of aryl methyl sites for hydroxylation is 1. The molecule has 0 aromatic heterocycles. The van der Waals surface area contributed by atoms with E-state index in [-0.39, 0.29) is 5.78 Å². The van der Waals surface area contributed by atoms with Crippen LogP contribution in [0.25, 0.3) is 6.08 Å². The molecule has 1 heterocycles. The molecule has 134 valence electrons. The van der Waals surface area contributed by atoms with E-state index in [1.165, 1.54) is 5.69 Å². The number of ether oxygens (including phenoxy) is 2. The number of methoxy groups -OCH3 is 1. The Balaban J connectivity index is 1.55. The summed E-state index contributed by atoms with van der Waals surface area (Å²) in [6.07, 6.45) is 3.69. The Labute approximate surface area is 154 Å². The first-order valence-electron chi connectivity index (χ1n) is 9.09. The van der Waals surface area contributed by atoms with Crippen LogP contribution in [0, 0.1) is 0 Å². The number of anilines is 1. The molecule has 2 aromatic rings. The molecule has 1 aliphatic heterocycles. The summed E-state index contributed by atoms with van der Waals surface area (Å²) in [7, 11) is 1.63. The number of fused-ring (bicyclic) bond motifs is 1. The first-order valence-corrected chi connectivity index (χ1v) is 9.09. The fourth-order valence-electron chi connectivity index (χ4n) is 3.61. The molecule has 0 unspecified atom stereocenters. The predicted octanol–water partition coefficient (Wildman–Crippen LogP) is 3.74. The standard InChI is InChI=1S/C22H23NO3/c1-25-20-9-6-17-4-5-18(22(24)21(17)15-20)14-16-2-7-19(8-3-16)23-10-12-26-13-11-23/h2-3,6-9,14-15H,4-5,10-13H2,1H3. The summed E-state index contributed by atoms with van der Waals surface area (Å²) in [6, 6.07) is 14.2. The fourth-order valence-corrected chi connectivity index (χ4v) is 3.61. The van der Waals surface area contributed by atoms with Gasteiger partial charge in [-0.15, -0.1) is 0 Å². The van der Waals surface area contributed by atoms with E-state index in [2.05, 4.69) is 29.2 Å². The third kappa shape index (κ3) is 3.37. The quantitative estimate of drug-likeness (QED) is 0.791. The molecule has 1 fully saturated rings. The molecule has 0 saturated carbocycles. The number of benzene rings is 2. The number of hydrogen-bond acceptors (Lipinski definition) is 4. The van der Waals surface area contributed by atoms with E-state index in [1.807, 2.05) is 24.3 Å². The molecule has 4 heteroatoms. The van der Waals surface area contributed by atoms with Crippen LogP contribution < -0.4 is 9.64 Å². The summed E-state index contributed by atoms with van der Waals surface area (Å²) in [5.74, 6) is 0.843. The molecule has 0 atom stereocenters. The Bertz CT molecular complexity index is 833. The molecule has 0 amide bonds. The van der Waals surface area contributed by atoms with E-state index in [0.717, 1.165) is 67.2 Å². The number of Topliss-reactive ketones (excluding diaryl/α,β-unsaturated/α-hetero) is 1. The first-order chi connectivity index (χ1) is 12.7. The minimum atomic E-state index is 0.113. The van der Waals surface area contributed by atoms with Gasteiger partial charge >= 0.3 is 0 Å². The van der Waals surface area contributed by atoms with Crippen molar-refractivity contribution < 1.29 is 14.3 Å². The topological polar surface area (TPSA) is 38.8 Å². The number of morpholine rings is 1. The van der Waals surface area contributed by atoms with Crippen LogP contribution >= 0.6 is 0 Å². The average Bonchev–Trinajstić information content (AvgIpc) is 2.71. The van der Waals surface area contributed by atoms with Crippen molar-refractivity contribution in [3.63, 3.8) is 0 Å². The van der Waals surface area contributed by atoms with Crippen molar-refractivity contribution in [2.45, 2.75) is 12.8 Å². The monoisotopic (exact) mass is 349 g/mol. The third-order valence-electron chi connectivity index (χ3n) is 5.13. The number of ketones is 1. The third-order valence-corrected chi connectivity index (χ3v) is 5.13. The molecule has 4 nitrogen and oxygen atoms in total. The van der Waals surface area contributed by atoms with Crippen molar-refractivity contribution in [3.05, 3.63) is 64.7 Å². The van der Waals surface area contributed by atoms with E-state index >= 15 is 0 Å². The molecule has 2 aromatic carbocycles. The van der Waals surface area contributed by atoms with Crippen LogP contribution in [0.15, 0.2) is 48.0 Å². The molecule has 1 aliphatic carbocycles. The molecular weight excluding hydrogens is 326 g/mol. The van der Waals surface area contributed by atoms with E-state index in [1.54, 1.807) is 7.11 Å². The largest absolute Gasteiger partial charge is 0.497 e. The van der Waals surface area contributed by atoms with Crippen molar-refractivity contribution in [1.29, 1.82) is 0 Å². The maximum absolute atomic E-state index is 12.9. The van der Waals surface area contributed by atoms with Crippen LogP contribution in [0.2, 0.25) is 0 Å². The summed E-state index contributed by atoms with van der Waals surface area (Å²) in [5, 5.41) is 0. The second kappa shape index (κ2) is 7.34. The first kappa shape index (κ1) is 16.9. The lowest BCUT2D eigenvalue weighted by molar-refractivity contribution is 0.102. The summed E-state index contributed by atoms with van der Waals surface area (Å²) in [6.45, 7) is 3.42. The maximum Gasteiger partial charge on any atom is 0.189 e. The number of hydrogen-bond donors (Lipinski definition) is 0. The Kier molecular flexibility index (Phi) is 4.76. The van der Waals surface area contributed by atoms with Crippen LogP contribution in [0.4, 0.5) is 5.69 Å². The van der Waals surface area contributed by atoms with E-state index < -0.39 is 0 Å². The normalized spacial score (nSPS) is 18.7. The lowest BCUT2D eigenvalue weighted by atomic mass is 9.86. The zero-order valence-corrected chi connectivity index (χ0v) is 15.0. The molecule has 2 aliphatic rings. The number of carbonyl (C=O) groups is 1. The van der Waals surface area contributed by atoms with Gasteiger partial charge in [-0.3, -0.25) is 4.79 Å². The smallest absolute Gasteiger partial charge is 0.189 e. The van der Waals surface area contributed by atoms with Gasteiger partial charge in [-0.1, -0.05) is 18.2 Å². The van der Waals surface area contributed by atoms with Crippen LogP contribution in [0.5, 0.6) is 5.75 Å². The Hall–Kier alpha value is -2.59. The van der Waals surface area contributed by atoms with Crippen molar-refractivity contribution in [1.82, 2.24) is 0 Å². The summed E-state index contributed by atoms with van der Waals surface area (Å²) >= 11 is 0. The minimum Gasteiger partial charge on any atom is -0.497 e. The van der Waals surface area contributed by atoms with Gasteiger partial charge in [0, 0.05) is 29.9 Å². The van der Waals surface area contributed by atoms with Crippen molar-refractivity contribution in [3.8, 4) is 5.75 Å². The molecule has 0 radical (unpaired) electrons. The molecule has 0 bridgehead atoms. The van der Waals surface area contributed by atoms with Crippen LogP contribution in [0.3, 0.4) is 0 Å². The second-order valence-corrected chi connectivity index (χ2v) is 6.71. The summed E-state index contributed by atoms with van der Waals surface area (Å²) in [4.78, 5) is 15.2. The van der Waals surface area contributed by atoms with Gasteiger partial charge in [-0.05, 0) is 54.3 Å². The van der Waals surface area contributed by atoms with Crippen molar-refractivity contribution in [2.24, 2.45) is 0 Å². The maximum atomic E-state index is 12.9. The Morgan fingerprint density at radius 1 is 1.04 bits per heavy atom. The van der Waals surface area contributed by atoms with E-state index in [9.17, 15) is 4.79 Å². The fraction of sp³-hybridized carbons (Fsp3) is 0.318. The van der Waals surface area contributed by atoms with E-state index in [4.69, 9.17) is 9.47 Å². The van der Waals surface area contributed by atoms with Gasteiger partial charge in [0.1, 0.15) is 5.75 Å². The predicted molar refractivity (Wildman–Crippen MR) is 103 cm³/mol. The van der Waals surface area contributed by atoms with Gasteiger partial charge in [0.15, 0.2) is 5.78 Å². The average molecular weight is 349 g/mol. The van der Waals surface area contributed by atoms with Gasteiger partial charge in [0.05, 0.1) is 20.3 Å². The minimum absolute atomic E-state index is 0.113. The highest BCUT2D eigenvalue weighted by Gasteiger charge is 2.22. The number of carbonyl (C=O) groups excluding carboxylic acids is 1. The number of nitrogens with zero attached hydrogens (tertiary/aromatic N) is 1. The lowest BCUT2D eigenvalue weighted by Gasteiger charge is -2.28. The molecular formula is C22H23NO3. The summed E-state index contributed by atoms with van der Waals surface area (Å²) < 4.78 is 10.7. The summed E-state index contributed by atoms with van der Waals surface area (Å²) in [5.41, 5.74) is 5.02. The van der Waals surface area contributed by atoms with Crippen LogP contribution in [-0.4, -0.2) is 39.2 Å².